The van der Waals surface area contributed by atoms with Crippen molar-refractivity contribution >= 4 is 32.2 Å². The van der Waals surface area contributed by atoms with Gasteiger partial charge in [-0.2, -0.15) is 9.61 Å². The summed E-state index contributed by atoms with van der Waals surface area (Å²) in [5.74, 6) is 1.42. The van der Waals surface area contributed by atoms with Crippen molar-refractivity contribution in [3.05, 3.63) is 59.0 Å². The highest BCUT2D eigenvalue weighted by Gasteiger charge is 2.13. The summed E-state index contributed by atoms with van der Waals surface area (Å²) in [5.41, 5.74) is 0.822. The molecule has 0 radical (unpaired) electrons. The Hall–Kier alpha value is -2.32. The molecule has 0 N–H and O–H groups in total. The smallest absolute Gasteiger partial charge is 0.235 e. The van der Waals surface area contributed by atoms with Crippen LogP contribution in [0.2, 0.25) is 0 Å². The van der Waals surface area contributed by atoms with Crippen molar-refractivity contribution in [2.45, 2.75) is 6.61 Å². The highest BCUT2D eigenvalue weighted by Crippen LogP contribution is 2.24. The third kappa shape index (κ3) is 2.95. The zero-order valence-electron chi connectivity index (χ0n) is 11.8. The minimum atomic E-state index is 0.300. The normalized spacial score (nSPS) is 11.0. The molecule has 4 aromatic rings. The molecular formula is C15H10BrN5OS. The summed E-state index contributed by atoms with van der Waals surface area (Å²) in [6, 6.07) is 13.4. The molecule has 0 fully saturated rings. The third-order valence-corrected chi connectivity index (χ3v) is 4.57. The van der Waals surface area contributed by atoms with Gasteiger partial charge in [-0.15, -0.1) is 10.2 Å². The van der Waals surface area contributed by atoms with Gasteiger partial charge in [0, 0.05) is 10.7 Å². The molecule has 0 atom stereocenters. The first kappa shape index (κ1) is 14.3. The molecule has 3 heterocycles. The van der Waals surface area contributed by atoms with E-state index in [0.717, 1.165) is 25.9 Å². The summed E-state index contributed by atoms with van der Waals surface area (Å²) >= 11 is 4.85. The van der Waals surface area contributed by atoms with Crippen LogP contribution in [-0.4, -0.2) is 24.8 Å². The van der Waals surface area contributed by atoms with Crippen LogP contribution in [0, 0.1) is 0 Å². The van der Waals surface area contributed by atoms with Crippen molar-refractivity contribution < 1.29 is 4.74 Å². The van der Waals surface area contributed by atoms with E-state index in [-0.39, 0.29) is 0 Å². The maximum atomic E-state index is 5.73. The molecule has 4 rings (SSSR count). The van der Waals surface area contributed by atoms with Gasteiger partial charge in [-0.05, 0) is 36.4 Å². The Morgan fingerprint density at radius 2 is 1.96 bits per heavy atom. The molecule has 0 unspecified atom stereocenters. The first-order valence-corrected chi connectivity index (χ1v) is 8.41. The Morgan fingerprint density at radius 3 is 2.74 bits per heavy atom. The second-order valence-corrected chi connectivity index (χ2v) is 6.55. The summed E-state index contributed by atoms with van der Waals surface area (Å²) in [7, 11) is 0. The maximum Gasteiger partial charge on any atom is 0.235 e. The van der Waals surface area contributed by atoms with Crippen LogP contribution in [0.15, 0.2) is 53.1 Å². The minimum absolute atomic E-state index is 0.300. The zero-order chi connectivity index (χ0) is 15.6. The van der Waals surface area contributed by atoms with E-state index in [1.54, 1.807) is 10.7 Å². The topological polar surface area (TPSA) is 65.2 Å². The van der Waals surface area contributed by atoms with E-state index in [1.807, 2.05) is 42.5 Å². The molecule has 0 saturated carbocycles. The second-order valence-electron chi connectivity index (χ2n) is 4.68. The van der Waals surface area contributed by atoms with Gasteiger partial charge in [-0.1, -0.05) is 33.3 Å². The van der Waals surface area contributed by atoms with Crippen molar-refractivity contribution in [1.82, 2.24) is 24.8 Å². The Kier molecular flexibility index (Phi) is 3.76. The fraction of sp³-hybridized carbons (Fsp3) is 0.0667. The van der Waals surface area contributed by atoms with Gasteiger partial charge in [-0.3, -0.25) is 4.98 Å². The average Bonchev–Trinajstić information content (AvgIpc) is 3.16. The van der Waals surface area contributed by atoms with E-state index in [2.05, 4.69) is 36.2 Å². The number of hydrogen-bond acceptors (Lipinski definition) is 6. The third-order valence-electron chi connectivity index (χ3n) is 3.12. The standard InChI is InChI=1S/C15H10BrN5OS/c16-10-4-6-11(7-5-10)22-9-13-18-19-15-21(13)20-14(23-15)12-3-1-2-8-17-12/h1-8H,9H2. The maximum absolute atomic E-state index is 5.73. The number of aromatic nitrogens is 5. The van der Waals surface area contributed by atoms with Gasteiger partial charge < -0.3 is 4.74 Å². The fourth-order valence-corrected chi connectivity index (χ4v) is 3.12. The van der Waals surface area contributed by atoms with Crippen molar-refractivity contribution in [2.24, 2.45) is 0 Å². The van der Waals surface area contributed by atoms with Gasteiger partial charge in [0.15, 0.2) is 10.8 Å². The molecule has 0 spiro atoms. The molecule has 0 saturated heterocycles. The van der Waals surface area contributed by atoms with E-state index in [9.17, 15) is 0 Å². The molecule has 6 nitrogen and oxygen atoms in total. The predicted molar refractivity (Wildman–Crippen MR) is 90.4 cm³/mol. The van der Waals surface area contributed by atoms with Crippen molar-refractivity contribution in [3.8, 4) is 16.5 Å². The Balaban J connectivity index is 1.58. The lowest BCUT2D eigenvalue weighted by Crippen LogP contribution is -2.02. The Morgan fingerprint density at radius 1 is 1.09 bits per heavy atom. The highest BCUT2D eigenvalue weighted by molar-refractivity contribution is 9.10. The van der Waals surface area contributed by atoms with Crippen LogP contribution >= 0.6 is 27.3 Å². The van der Waals surface area contributed by atoms with Gasteiger partial charge in [0.1, 0.15) is 18.1 Å². The van der Waals surface area contributed by atoms with Gasteiger partial charge in [0.25, 0.3) is 0 Å². The Bertz CT molecular complexity index is 936. The molecule has 0 amide bonds. The van der Waals surface area contributed by atoms with Crippen molar-refractivity contribution in [2.75, 3.05) is 0 Å². The van der Waals surface area contributed by atoms with E-state index >= 15 is 0 Å². The zero-order valence-corrected chi connectivity index (χ0v) is 14.2. The summed E-state index contributed by atoms with van der Waals surface area (Å²) in [6.07, 6.45) is 1.75. The largest absolute Gasteiger partial charge is 0.486 e. The summed E-state index contributed by atoms with van der Waals surface area (Å²) in [4.78, 5) is 5.03. The first-order chi connectivity index (χ1) is 11.3. The first-order valence-electron chi connectivity index (χ1n) is 6.80. The van der Waals surface area contributed by atoms with Crippen LogP contribution in [0.4, 0.5) is 0 Å². The van der Waals surface area contributed by atoms with Crippen molar-refractivity contribution in [1.29, 1.82) is 0 Å². The van der Waals surface area contributed by atoms with E-state index in [0.29, 0.717) is 12.4 Å². The quantitative estimate of drug-likeness (QED) is 0.535. The molecule has 0 bridgehead atoms. The fourth-order valence-electron chi connectivity index (χ4n) is 2.02. The van der Waals surface area contributed by atoms with Gasteiger partial charge >= 0.3 is 0 Å². The molecule has 0 aliphatic rings. The second kappa shape index (κ2) is 6.05. The van der Waals surface area contributed by atoms with Crippen LogP contribution in [0.5, 0.6) is 5.75 Å². The number of halogens is 1. The Labute approximate surface area is 143 Å². The summed E-state index contributed by atoms with van der Waals surface area (Å²) in [5, 5.41) is 13.6. The molecule has 114 valence electrons. The SMILES string of the molecule is Brc1ccc(OCc2nnc3sc(-c4ccccn4)nn23)cc1. The number of hydrogen-bond donors (Lipinski definition) is 0. The van der Waals surface area contributed by atoms with Crippen LogP contribution in [-0.2, 0) is 6.61 Å². The molecule has 3 aromatic heterocycles. The van der Waals surface area contributed by atoms with E-state index in [1.165, 1.54) is 11.3 Å². The number of pyridine rings is 1. The van der Waals surface area contributed by atoms with E-state index < -0.39 is 0 Å². The lowest BCUT2D eigenvalue weighted by molar-refractivity contribution is 0.293. The minimum Gasteiger partial charge on any atom is -0.486 e. The molecule has 23 heavy (non-hydrogen) atoms. The monoisotopic (exact) mass is 387 g/mol. The van der Waals surface area contributed by atoms with Crippen LogP contribution in [0.1, 0.15) is 5.82 Å². The lowest BCUT2D eigenvalue weighted by Gasteiger charge is -2.03. The molecule has 8 heteroatoms. The highest BCUT2D eigenvalue weighted by atomic mass is 79.9. The van der Waals surface area contributed by atoms with Crippen LogP contribution in [0.3, 0.4) is 0 Å². The van der Waals surface area contributed by atoms with Crippen LogP contribution in [0.25, 0.3) is 15.7 Å². The van der Waals surface area contributed by atoms with Crippen LogP contribution < -0.4 is 4.74 Å². The lowest BCUT2D eigenvalue weighted by atomic mass is 10.3. The molecular weight excluding hydrogens is 378 g/mol. The van der Waals surface area contributed by atoms with E-state index in [4.69, 9.17) is 4.74 Å². The number of ether oxygens (including phenoxy) is 1. The molecule has 0 aliphatic heterocycles. The summed E-state index contributed by atoms with van der Waals surface area (Å²) in [6.45, 7) is 0.300. The molecule has 1 aromatic carbocycles. The van der Waals surface area contributed by atoms with Gasteiger partial charge in [0.2, 0.25) is 4.96 Å². The number of rotatable bonds is 4. The number of nitrogens with zero attached hydrogens (tertiary/aromatic N) is 5. The van der Waals surface area contributed by atoms with Gasteiger partial charge in [-0.25, -0.2) is 0 Å². The predicted octanol–water partition coefficient (Wildman–Crippen LogP) is 3.59. The average molecular weight is 388 g/mol. The summed E-state index contributed by atoms with van der Waals surface area (Å²) < 4.78 is 8.44. The number of benzene rings is 1. The van der Waals surface area contributed by atoms with Crippen molar-refractivity contribution in [3.63, 3.8) is 0 Å². The van der Waals surface area contributed by atoms with Gasteiger partial charge in [0.05, 0.1) is 0 Å². The number of fused-ring (bicyclic) bond motifs is 1. The molecule has 0 aliphatic carbocycles.